The number of aromatic hydroxyl groups is 1. The summed E-state index contributed by atoms with van der Waals surface area (Å²) in [6.07, 6.45) is 5.28. The first-order valence-corrected chi connectivity index (χ1v) is 14.4. The van der Waals surface area contributed by atoms with Crippen molar-refractivity contribution >= 4 is 23.9 Å². The van der Waals surface area contributed by atoms with E-state index in [-0.39, 0.29) is 31.7 Å². The summed E-state index contributed by atoms with van der Waals surface area (Å²) in [4.78, 5) is 54.5. The fourth-order valence-corrected chi connectivity index (χ4v) is 4.31. The second-order valence-electron chi connectivity index (χ2n) is 11.1. The van der Waals surface area contributed by atoms with Crippen molar-refractivity contribution in [3.63, 3.8) is 0 Å². The quantitative estimate of drug-likeness (QED) is 0.234. The van der Waals surface area contributed by atoms with Crippen molar-refractivity contribution < 1.29 is 33.8 Å². The third-order valence-corrected chi connectivity index (χ3v) is 6.54. The SMILES string of the molecule is C#Cc1ccc(C(C(=O)NCCC(=O)OCC)N(C(=O)C(Cc2ccc(O)cc2)NC(=O)OC(C)(C)C)C(C)CC)cc1. The van der Waals surface area contributed by atoms with Gasteiger partial charge >= 0.3 is 12.1 Å². The summed E-state index contributed by atoms with van der Waals surface area (Å²) in [5.41, 5.74) is 0.961. The van der Waals surface area contributed by atoms with Gasteiger partial charge < -0.3 is 30.1 Å². The lowest BCUT2D eigenvalue weighted by Gasteiger charge is -2.38. The predicted molar refractivity (Wildman–Crippen MR) is 163 cm³/mol. The molecule has 2 aromatic rings. The Balaban J connectivity index is 2.55. The minimum Gasteiger partial charge on any atom is -0.508 e. The van der Waals surface area contributed by atoms with Gasteiger partial charge in [0.1, 0.15) is 23.4 Å². The van der Waals surface area contributed by atoms with E-state index in [0.717, 1.165) is 0 Å². The molecule has 0 heterocycles. The van der Waals surface area contributed by atoms with Crippen molar-refractivity contribution in [3.05, 3.63) is 65.2 Å². The fraction of sp³-hybridized carbons (Fsp3) is 0.455. The van der Waals surface area contributed by atoms with E-state index in [1.54, 1.807) is 64.1 Å². The average Bonchev–Trinajstić information content (AvgIpc) is 2.95. The molecule has 10 heteroatoms. The lowest BCUT2D eigenvalue weighted by atomic mass is 9.97. The molecule has 3 atom stereocenters. The first kappa shape index (κ1) is 34.7. The van der Waals surface area contributed by atoms with Crippen LogP contribution in [0.15, 0.2) is 48.5 Å². The fourth-order valence-electron chi connectivity index (χ4n) is 4.31. The number of alkyl carbamates (subject to hydrolysis) is 1. The molecule has 0 aromatic heterocycles. The predicted octanol–water partition coefficient (Wildman–Crippen LogP) is 4.25. The number of carbonyl (C=O) groups is 4. The monoisotopic (exact) mass is 593 g/mol. The molecular formula is C33H43N3O7. The molecule has 0 aliphatic carbocycles. The zero-order valence-corrected chi connectivity index (χ0v) is 25.8. The Morgan fingerprint density at radius 1 is 1.02 bits per heavy atom. The van der Waals surface area contributed by atoms with E-state index in [2.05, 4.69) is 16.6 Å². The second-order valence-corrected chi connectivity index (χ2v) is 11.1. The Morgan fingerprint density at radius 2 is 1.65 bits per heavy atom. The maximum Gasteiger partial charge on any atom is 0.408 e. The van der Waals surface area contributed by atoms with Gasteiger partial charge in [0.2, 0.25) is 11.8 Å². The highest BCUT2D eigenvalue weighted by atomic mass is 16.6. The number of ether oxygens (including phenoxy) is 2. The van der Waals surface area contributed by atoms with Crippen LogP contribution in [0.5, 0.6) is 5.75 Å². The van der Waals surface area contributed by atoms with Gasteiger partial charge in [-0.05, 0) is 76.4 Å². The van der Waals surface area contributed by atoms with Crippen molar-refractivity contribution in [2.24, 2.45) is 0 Å². The molecule has 3 N–H and O–H groups in total. The van der Waals surface area contributed by atoms with Gasteiger partial charge in [0, 0.05) is 24.6 Å². The number of hydrogen-bond donors (Lipinski definition) is 3. The van der Waals surface area contributed by atoms with E-state index in [1.165, 1.54) is 17.0 Å². The maximum atomic E-state index is 14.4. The Labute approximate surface area is 254 Å². The van der Waals surface area contributed by atoms with Gasteiger partial charge in [-0.25, -0.2) is 4.79 Å². The number of amides is 3. The smallest absolute Gasteiger partial charge is 0.408 e. The van der Waals surface area contributed by atoms with Crippen molar-refractivity contribution in [1.82, 2.24) is 15.5 Å². The Hall–Kier alpha value is -4.52. The van der Waals surface area contributed by atoms with Crippen LogP contribution in [-0.4, -0.2) is 64.7 Å². The van der Waals surface area contributed by atoms with Gasteiger partial charge in [-0.2, -0.15) is 0 Å². The number of phenols is 1. The summed E-state index contributed by atoms with van der Waals surface area (Å²) in [5, 5.41) is 15.2. The zero-order valence-electron chi connectivity index (χ0n) is 25.8. The van der Waals surface area contributed by atoms with Gasteiger partial charge in [-0.1, -0.05) is 37.1 Å². The van der Waals surface area contributed by atoms with Gasteiger partial charge in [0.05, 0.1) is 13.0 Å². The molecule has 2 aromatic carbocycles. The molecule has 0 radical (unpaired) electrons. The summed E-state index contributed by atoms with van der Waals surface area (Å²) in [6, 6.07) is 10.3. The van der Waals surface area contributed by atoms with E-state index >= 15 is 0 Å². The number of nitrogens with zero attached hydrogens (tertiary/aromatic N) is 1. The number of terminal acetylenes is 1. The number of phenolic OH excluding ortho intramolecular Hbond substituents is 1. The molecule has 3 unspecified atom stereocenters. The number of rotatable bonds is 13. The highest BCUT2D eigenvalue weighted by molar-refractivity contribution is 5.92. The molecular weight excluding hydrogens is 550 g/mol. The molecule has 0 bridgehead atoms. The van der Waals surface area contributed by atoms with Crippen LogP contribution in [0.25, 0.3) is 0 Å². The number of hydrogen-bond acceptors (Lipinski definition) is 7. The maximum absolute atomic E-state index is 14.4. The summed E-state index contributed by atoms with van der Waals surface area (Å²) >= 11 is 0. The largest absolute Gasteiger partial charge is 0.508 e. The normalized spacial score (nSPS) is 13.0. The van der Waals surface area contributed by atoms with E-state index < -0.39 is 47.6 Å². The summed E-state index contributed by atoms with van der Waals surface area (Å²) < 4.78 is 10.4. The Kier molecular flexibility index (Phi) is 13.1. The Morgan fingerprint density at radius 3 is 2.19 bits per heavy atom. The molecule has 43 heavy (non-hydrogen) atoms. The average molecular weight is 594 g/mol. The van der Waals surface area contributed by atoms with Crippen LogP contribution in [0.3, 0.4) is 0 Å². The molecule has 3 amide bonds. The zero-order chi connectivity index (χ0) is 32.2. The first-order valence-electron chi connectivity index (χ1n) is 14.4. The molecule has 0 fully saturated rings. The van der Waals surface area contributed by atoms with Crippen LogP contribution < -0.4 is 10.6 Å². The second kappa shape index (κ2) is 16.2. The van der Waals surface area contributed by atoms with Crippen molar-refractivity contribution in [2.75, 3.05) is 13.2 Å². The van der Waals surface area contributed by atoms with E-state index in [1.807, 2.05) is 13.8 Å². The topological polar surface area (TPSA) is 134 Å². The highest BCUT2D eigenvalue weighted by Crippen LogP contribution is 2.27. The van der Waals surface area contributed by atoms with Crippen LogP contribution in [-0.2, 0) is 30.3 Å². The third kappa shape index (κ3) is 11.0. The lowest BCUT2D eigenvalue weighted by Crippen LogP contribution is -2.56. The van der Waals surface area contributed by atoms with Gasteiger partial charge in [0.15, 0.2) is 0 Å². The Bertz CT molecular complexity index is 1280. The van der Waals surface area contributed by atoms with E-state index in [4.69, 9.17) is 15.9 Å². The molecule has 0 saturated heterocycles. The summed E-state index contributed by atoms with van der Waals surface area (Å²) in [6.45, 7) is 10.8. The molecule has 10 nitrogen and oxygen atoms in total. The van der Waals surface area contributed by atoms with E-state index in [0.29, 0.717) is 23.1 Å². The van der Waals surface area contributed by atoms with Crippen LogP contribution in [0.4, 0.5) is 4.79 Å². The molecule has 0 aliphatic heterocycles. The number of carbonyl (C=O) groups excluding carboxylic acids is 4. The van der Waals surface area contributed by atoms with Crippen LogP contribution in [0, 0.1) is 12.3 Å². The summed E-state index contributed by atoms with van der Waals surface area (Å²) in [5.74, 6) is 1.13. The van der Waals surface area contributed by atoms with Gasteiger partial charge in [-0.15, -0.1) is 6.42 Å². The molecule has 0 aliphatic rings. The van der Waals surface area contributed by atoms with Crippen LogP contribution >= 0.6 is 0 Å². The first-order chi connectivity index (χ1) is 20.3. The van der Waals surface area contributed by atoms with Gasteiger partial charge in [-0.3, -0.25) is 14.4 Å². The minimum absolute atomic E-state index is 0.00619. The number of benzene rings is 2. The van der Waals surface area contributed by atoms with Crippen molar-refractivity contribution in [3.8, 4) is 18.1 Å². The number of nitrogens with one attached hydrogen (secondary N) is 2. The third-order valence-electron chi connectivity index (χ3n) is 6.54. The summed E-state index contributed by atoms with van der Waals surface area (Å²) in [7, 11) is 0. The van der Waals surface area contributed by atoms with Crippen LogP contribution in [0.1, 0.15) is 77.1 Å². The number of esters is 1. The standard InChI is InChI=1S/C33H43N3O7/c1-8-22(4)36(29(25-15-11-23(9-2)12-16-25)30(39)34-20-19-28(38)42-10-3)31(40)27(35-32(41)43-33(5,6)7)21-24-13-17-26(37)18-14-24/h2,11-18,22,27,29,37H,8,10,19-21H2,1,3-7H3,(H,34,39)(H,35,41). The minimum atomic E-state index is -1.12. The van der Waals surface area contributed by atoms with Gasteiger partial charge in [0.25, 0.3) is 0 Å². The van der Waals surface area contributed by atoms with Crippen molar-refractivity contribution in [1.29, 1.82) is 0 Å². The molecule has 232 valence electrons. The van der Waals surface area contributed by atoms with E-state index in [9.17, 15) is 24.3 Å². The molecule has 0 spiro atoms. The lowest BCUT2D eigenvalue weighted by molar-refractivity contribution is -0.146. The molecule has 0 saturated carbocycles. The highest BCUT2D eigenvalue weighted by Gasteiger charge is 2.38. The van der Waals surface area contributed by atoms with Crippen molar-refractivity contribution in [2.45, 2.75) is 84.5 Å². The van der Waals surface area contributed by atoms with Crippen LogP contribution in [0.2, 0.25) is 0 Å². The molecule has 2 rings (SSSR count).